The van der Waals surface area contributed by atoms with Crippen LogP contribution >= 0.6 is 11.8 Å². The van der Waals surface area contributed by atoms with Crippen molar-refractivity contribution in [2.45, 2.75) is 30.3 Å². The van der Waals surface area contributed by atoms with Crippen molar-refractivity contribution in [2.24, 2.45) is 0 Å². The van der Waals surface area contributed by atoms with Gasteiger partial charge in [-0.1, -0.05) is 42.1 Å². The molecule has 2 heterocycles. The topological polar surface area (TPSA) is 97.2 Å². The molecular formula is C26H25N5O3S. The van der Waals surface area contributed by atoms with Gasteiger partial charge in [-0.05, 0) is 43.3 Å². The quantitative estimate of drug-likeness (QED) is 0.290. The third-order valence-electron chi connectivity index (χ3n) is 5.35. The monoisotopic (exact) mass is 487 g/mol. The van der Waals surface area contributed by atoms with Crippen molar-refractivity contribution in [3.63, 3.8) is 0 Å². The molecule has 0 saturated heterocycles. The van der Waals surface area contributed by atoms with E-state index >= 15 is 0 Å². The van der Waals surface area contributed by atoms with Gasteiger partial charge in [-0.2, -0.15) is 5.26 Å². The van der Waals surface area contributed by atoms with E-state index in [2.05, 4.69) is 16.3 Å². The van der Waals surface area contributed by atoms with Gasteiger partial charge in [-0.15, -0.1) is 10.2 Å². The number of hydrogen-bond acceptors (Lipinski definition) is 7. The van der Waals surface area contributed by atoms with Crippen LogP contribution in [0.2, 0.25) is 0 Å². The highest BCUT2D eigenvalue weighted by Crippen LogP contribution is 2.31. The molecule has 35 heavy (non-hydrogen) atoms. The molecule has 0 N–H and O–H groups in total. The molecule has 2 aromatic heterocycles. The van der Waals surface area contributed by atoms with Gasteiger partial charge in [0.25, 0.3) is 0 Å². The summed E-state index contributed by atoms with van der Waals surface area (Å²) in [6, 6.07) is 22.8. The maximum Gasteiger partial charge on any atom is 0.240 e. The second-order valence-electron chi connectivity index (χ2n) is 7.70. The second kappa shape index (κ2) is 11.4. The molecule has 0 saturated carbocycles. The minimum atomic E-state index is -0.466. The highest BCUT2D eigenvalue weighted by molar-refractivity contribution is 8.00. The molecule has 0 bridgehead atoms. The Morgan fingerprint density at radius 2 is 2.00 bits per heavy atom. The summed E-state index contributed by atoms with van der Waals surface area (Å²) in [6.45, 7) is 2.57. The van der Waals surface area contributed by atoms with Gasteiger partial charge in [-0.25, -0.2) is 0 Å². The molecule has 0 aliphatic heterocycles. The smallest absolute Gasteiger partial charge is 0.240 e. The first-order chi connectivity index (χ1) is 17.1. The van der Waals surface area contributed by atoms with Crippen LogP contribution in [0.25, 0.3) is 11.4 Å². The summed E-state index contributed by atoms with van der Waals surface area (Å²) in [4.78, 5) is 15.1. The Hall–Kier alpha value is -4.03. The Kier molecular flexibility index (Phi) is 7.85. The number of nitrogens with zero attached hydrogens (tertiary/aromatic N) is 5. The van der Waals surface area contributed by atoms with Crippen molar-refractivity contribution in [2.75, 3.05) is 18.6 Å². The number of nitriles is 1. The van der Waals surface area contributed by atoms with Crippen LogP contribution < -0.4 is 9.64 Å². The molecule has 1 amide bonds. The molecule has 0 aliphatic rings. The van der Waals surface area contributed by atoms with Gasteiger partial charge >= 0.3 is 0 Å². The zero-order chi connectivity index (χ0) is 24.6. The first-order valence-electron chi connectivity index (χ1n) is 11.1. The van der Waals surface area contributed by atoms with E-state index in [9.17, 15) is 4.79 Å². The van der Waals surface area contributed by atoms with Crippen molar-refractivity contribution < 1.29 is 13.9 Å². The van der Waals surface area contributed by atoms with Crippen molar-refractivity contribution >= 4 is 23.4 Å². The van der Waals surface area contributed by atoms with Crippen LogP contribution in [-0.2, 0) is 11.3 Å². The zero-order valence-electron chi connectivity index (χ0n) is 19.5. The molecule has 2 aromatic carbocycles. The Morgan fingerprint density at radius 3 is 2.71 bits per heavy atom. The fourth-order valence-electron chi connectivity index (χ4n) is 3.62. The Labute approximate surface area is 208 Å². The first-order valence-corrected chi connectivity index (χ1v) is 12.0. The molecule has 4 aromatic rings. The summed E-state index contributed by atoms with van der Waals surface area (Å²) in [5, 5.41) is 18.1. The first kappa shape index (κ1) is 24.1. The van der Waals surface area contributed by atoms with Crippen LogP contribution in [0.4, 0.5) is 5.69 Å². The van der Waals surface area contributed by atoms with Gasteiger partial charge in [0.15, 0.2) is 11.0 Å². The molecular weight excluding hydrogens is 462 g/mol. The molecule has 0 fully saturated rings. The van der Waals surface area contributed by atoms with Gasteiger partial charge in [0, 0.05) is 17.8 Å². The van der Waals surface area contributed by atoms with Gasteiger partial charge < -0.3 is 14.1 Å². The molecule has 1 atom stereocenters. The molecule has 8 nitrogen and oxygen atoms in total. The number of aromatic nitrogens is 3. The number of hydrogen-bond donors (Lipinski definition) is 0. The Bertz CT molecular complexity index is 1300. The lowest BCUT2D eigenvalue weighted by molar-refractivity contribution is -0.117. The number of thioether (sulfide) groups is 1. The molecule has 0 radical (unpaired) electrons. The normalized spacial score (nSPS) is 11.6. The van der Waals surface area contributed by atoms with E-state index in [0.29, 0.717) is 29.8 Å². The van der Waals surface area contributed by atoms with E-state index in [1.165, 1.54) is 11.8 Å². The molecule has 178 valence electrons. The number of carbonyl (C=O) groups is 1. The third-order valence-corrected chi connectivity index (χ3v) is 6.42. The maximum atomic E-state index is 13.4. The standard InChI is InChI=1S/C26H25N5O3S/c1-19(25(32)30(15-8-14-27)21-10-4-3-5-11-21)35-26-29-28-24(20-9-6-12-22(17-20)33-2)31(26)18-23-13-7-16-34-23/h3-7,9-13,16-17,19H,8,15,18H2,1-2H3. The molecule has 0 aliphatic carbocycles. The van der Waals surface area contributed by atoms with E-state index in [4.69, 9.17) is 14.4 Å². The van der Waals surface area contributed by atoms with E-state index in [0.717, 1.165) is 17.0 Å². The molecule has 4 rings (SSSR count). The summed E-state index contributed by atoms with van der Waals surface area (Å²) in [5.74, 6) is 2.00. The fourth-order valence-corrected chi connectivity index (χ4v) is 4.53. The zero-order valence-corrected chi connectivity index (χ0v) is 20.3. The number of carbonyl (C=O) groups excluding carboxylic acids is 1. The van der Waals surface area contributed by atoms with Crippen molar-refractivity contribution in [3.8, 4) is 23.2 Å². The fraction of sp³-hybridized carbons (Fsp3) is 0.231. The minimum absolute atomic E-state index is 0.105. The summed E-state index contributed by atoms with van der Waals surface area (Å²) >= 11 is 1.32. The SMILES string of the molecule is COc1cccc(-c2nnc(SC(C)C(=O)N(CCC#N)c3ccccc3)n2Cc2ccco2)c1. The molecule has 1 unspecified atom stereocenters. The van der Waals surface area contributed by atoms with Crippen LogP contribution in [0.3, 0.4) is 0 Å². The Balaban J connectivity index is 1.64. The number of para-hydroxylation sites is 1. The highest BCUT2D eigenvalue weighted by atomic mass is 32.2. The predicted octanol–water partition coefficient (Wildman–Crippen LogP) is 5.02. The van der Waals surface area contributed by atoms with Crippen molar-refractivity contribution in [1.82, 2.24) is 14.8 Å². The number of ether oxygens (including phenoxy) is 1. The molecule has 9 heteroatoms. The Morgan fingerprint density at radius 1 is 1.17 bits per heavy atom. The number of furan rings is 1. The van der Waals surface area contributed by atoms with Crippen molar-refractivity contribution in [1.29, 1.82) is 5.26 Å². The van der Waals surface area contributed by atoms with Gasteiger partial charge in [0.1, 0.15) is 11.5 Å². The number of benzene rings is 2. The minimum Gasteiger partial charge on any atom is -0.497 e. The van der Waals surface area contributed by atoms with Crippen LogP contribution in [0.5, 0.6) is 5.75 Å². The summed E-state index contributed by atoms with van der Waals surface area (Å²) in [5.41, 5.74) is 1.60. The van der Waals surface area contributed by atoms with Crippen LogP contribution in [0.15, 0.2) is 82.6 Å². The second-order valence-corrected chi connectivity index (χ2v) is 9.01. The number of rotatable bonds is 10. The lowest BCUT2D eigenvalue weighted by atomic mass is 10.2. The molecule has 0 spiro atoms. The summed E-state index contributed by atoms with van der Waals surface area (Å²) in [6.07, 6.45) is 1.86. The average Bonchev–Trinajstić information content (AvgIpc) is 3.55. The van der Waals surface area contributed by atoms with E-state index in [-0.39, 0.29) is 12.3 Å². The maximum absolute atomic E-state index is 13.4. The largest absolute Gasteiger partial charge is 0.497 e. The summed E-state index contributed by atoms with van der Waals surface area (Å²) < 4.78 is 12.9. The van der Waals surface area contributed by atoms with Gasteiger partial charge in [-0.3, -0.25) is 9.36 Å². The average molecular weight is 488 g/mol. The summed E-state index contributed by atoms with van der Waals surface area (Å²) in [7, 11) is 1.62. The van der Waals surface area contributed by atoms with Gasteiger partial charge in [0.2, 0.25) is 5.91 Å². The highest BCUT2D eigenvalue weighted by Gasteiger charge is 2.26. The van der Waals surface area contributed by atoms with Crippen LogP contribution in [0, 0.1) is 11.3 Å². The van der Waals surface area contributed by atoms with E-state index in [1.54, 1.807) is 18.3 Å². The third kappa shape index (κ3) is 5.73. The van der Waals surface area contributed by atoms with Crippen LogP contribution in [0.1, 0.15) is 19.1 Å². The number of methoxy groups -OCH3 is 1. The van der Waals surface area contributed by atoms with Gasteiger partial charge in [0.05, 0.1) is 37.7 Å². The number of anilines is 1. The van der Waals surface area contributed by atoms with Crippen molar-refractivity contribution in [3.05, 3.63) is 78.8 Å². The lowest BCUT2D eigenvalue weighted by Gasteiger charge is -2.24. The van der Waals surface area contributed by atoms with E-state index < -0.39 is 5.25 Å². The lowest BCUT2D eigenvalue weighted by Crippen LogP contribution is -2.37. The predicted molar refractivity (Wildman–Crippen MR) is 134 cm³/mol. The number of amides is 1. The van der Waals surface area contributed by atoms with Crippen LogP contribution in [-0.4, -0.2) is 39.6 Å². The van der Waals surface area contributed by atoms with E-state index in [1.807, 2.05) is 78.2 Å².